The van der Waals surface area contributed by atoms with Crippen molar-refractivity contribution in [1.82, 2.24) is 0 Å². The van der Waals surface area contributed by atoms with Crippen LogP contribution in [0, 0.1) is 0 Å². The van der Waals surface area contributed by atoms with Crippen LogP contribution in [0.25, 0.3) is 118 Å². The first kappa shape index (κ1) is 31.5. The zero-order chi connectivity index (χ0) is 35.9. The van der Waals surface area contributed by atoms with Crippen LogP contribution < -0.4 is 10.4 Å². The third kappa shape index (κ3) is 4.54. The first-order valence-electron chi connectivity index (χ1n) is 18.7. The van der Waals surface area contributed by atoms with Crippen molar-refractivity contribution in [3.63, 3.8) is 0 Å². The van der Waals surface area contributed by atoms with Crippen LogP contribution in [-0.2, 0) is 0 Å². The predicted molar refractivity (Wildman–Crippen MR) is 241 cm³/mol. The van der Waals surface area contributed by atoms with E-state index >= 15 is 0 Å². The Kier molecular flexibility index (Phi) is 7.14. The van der Waals surface area contributed by atoms with Gasteiger partial charge >= 0.3 is 0 Å². The zero-order valence-corrected chi connectivity index (χ0v) is 31.6. The fraction of sp³-hybridized carbons (Fsp3) is 0.0385. The fourth-order valence-electron chi connectivity index (χ4n) is 9.07. The van der Waals surface area contributed by atoms with Crippen molar-refractivity contribution in [2.75, 3.05) is 0 Å². The van der Waals surface area contributed by atoms with Gasteiger partial charge in [-0.2, -0.15) is 0 Å². The smallest absolute Gasteiger partial charge is 0.0434 e. The third-order valence-electron chi connectivity index (χ3n) is 11.4. The molecule has 0 aliphatic heterocycles. The molecule has 0 atom stereocenters. The summed E-state index contributed by atoms with van der Waals surface area (Å²) in [5.41, 5.74) is 7.65. The molecule has 0 spiro atoms. The molecule has 0 amide bonds. The minimum Gasteiger partial charge on any atom is -0.135 e. The van der Waals surface area contributed by atoms with Gasteiger partial charge in [-0.1, -0.05) is 140 Å². The Morgan fingerprint density at radius 3 is 1.56 bits per heavy atom. The van der Waals surface area contributed by atoms with Crippen LogP contribution in [0.5, 0.6) is 0 Å². The van der Waals surface area contributed by atoms with Crippen LogP contribution in [0.2, 0.25) is 0 Å². The number of hydrogen-bond donors (Lipinski definition) is 0. The van der Waals surface area contributed by atoms with Crippen molar-refractivity contribution in [3.8, 4) is 33.4 Å². The molecule has 0 saturated heterocycles. The van der Waals surface area contributed by atoms with E-state index in [0.29, 0.717) is 0 Å². The summed E-state index contributed by atoms with van der Waals surface area (Å²) in [4.78, 5) is 0. The molecule has 2 heteroatoms. The second-order valence-corrected chi connectivity index (χ2v) is 16.3. The highest BCUT2D eigenvalue weighted by atomic mass is 32.1. The molecule has 0 aliphatic carbocycles. The summed E-state index contributed by atoms with van der Waals surface area (Å²) in [5.74, 6) is 0. The zero-order valence-electron chi connectivity index (χ0n) is 30.0. The number of fused-ring (bicyclic) bond motifs is 10. The molecule has 0 radical (unpaired) electrons. The maximum Gasteiger partial charge on any atom is 0.0434 e. The number of hydrogen-bond acceptors (Lipinski definition) is 2. The predicted octanol–water partition coefficient (Wildman–Crippen LogP) is 14.5. The maximum absolute atomic E-state index is 2.48. The summed E-state index contributed by atoms with van der Waals surface area (Å²) in [6, 6.07) is 58.9. The minimum absolute atomic E-state index is 1.24. The Labute approximate surface area is 321 Å². The van der Waals surface area contributed by atoms with Gasteiger partial charge < -0.3 is 0 Å². The number of thiophene rings is 2. The van der Waals surface area contributed by atoms with Crippen LogP contribution >= 0.6 is 22.7 Å². The van der Waals surface area contributed by atoms with Crippen molar-refractivity contribution < 1.29 is 0 Å². The van der Waals surface area contributed by atoms with Crippen LogP contribution in [0.15, 0.2) is 158 Å². The summed E-state index contributed by atoms with van der Waals surface area (Å²) >= 11 is 3.82. The minimum atomic E-state index is 1.24. The van der Waals surface area contributed by atoms with E-state index in [-0.39, 0.29) is 0 Å². The van der Waals surface area contributed by atoms with Crippen molar-refractivity contribution in [2.24, 2.45) is 0 Å². The monoisotopic (exact) mass is 722 g/mol. The topological polar surface area (TPSA) is 0 Å². The molecule has 0 saturated carbocycles. The van der Waals surface area contributed by atoms with E-state index in [0.717, 1.165) is 0 Å². The molecule has 0 N–H and O–H groups in total. The summed E-state index contributed by atoms with van der Waals surface area (Å²) in [6.07, 6.45) is 4.61. The van der Waals surface area contributed by atoms with Crippen molar-refractivity contribution >= 4 is 107 Å². The van der Waals surface area contributed by atoms with Gasteiger partial charge in [-0.05, 0) is 115 Å². The molecule has 11 aromatic rings. The normalized spacial score (nSPS) is 12.9. The molecule has 2 aromatic heterocycles. The lowest BCUT2D eigenvalue weighted by molar-refractivity contribution is 1.51. The highest BCUT2D eigenvalue weighted by molar-refractivity contribution is 7.27. The van der Waals surface area contributed by atoms with Crippen LogP contribution in [0.4, 0.5) is 0 Å². The van der Waals surface area contributed by atoms with Crippen LogP contribution in [0.3, 0.4) is 0 Å². The van der Waals surface area contributed by atoms with E-state index in [9.17, 15) is 0 Å². The quantitative estimate of drug-likeness (QED) is 0.170. The van der Waals surface area contributed by atoms with Gasteiger partial charge in [0.15, 0.2) is 0 Å². The molecule has 54 heavy (non-hydrogen) atoms. The molecule has 2 heterocycles. The van der Waals surface area contributed by atoms with E-state index in [1.807, 2.05) is 22.7 Å². The summed E-state index contributed by atoms with van der Waals surface area (Å²) in [7, 11) is 0. The number of benzene rings is 9. The van der Waals surface area contributed by atoms with Gasteiger partial charge in [0, 0.05) is 45.7 Å². The Bertz CT molecular complexity index is 3450. The van der Waals surface area contributed by atoms with Gasteiger partial charge in [0.2, 0.25) is 0 Å². The average Bonchev–Trinajstić information content (AvgIpc) is 3.80. The van der Waals surface area contributed by atoms with Gasteiger partial charge in [0.1, 0.15) is 0 Å². The Balaban J connectivity index is 1.26. The summed E-state index contributed by atoms with van der Waals surface area (Å²) < 4.78 is 5.38. The van der Waals surface area contributed by atoms with E-state index in [1.165, 1.54) is 116 Å². The molecule has 0 fully saturated rings. The average molecular weight is 723 g/mol. The Morgan fingerprint density at radius 1 is 0.333 bits per heavy atom. The second-order valence-electron chi connectivity index (χ2n) is 14.2. The van der Waals surface area contributed by atoms with E-state index < -0.39 is 0 Å². The molecule has 0 nitrogen and oxygen atoms in total. The lowest BCUT2D eigenvalue weighted by Crippen LogP contribution is -2.29. The lowest BCUT2D eigenvalue weighted by Gasteiger charge is -2.19. The van der Waals surface area contributed by atoms with Crippen LogP contribution in [-0.4, -0.2) is 0 Å². The Hall–Kier alpha value is -6.06. The van der Waals surface area contributed by atoms with Gasteiger partial charge in [0.05, 0.1) is 0 Å². The van der Waals surface area contributed by atoms with Gasteiger partial charge in [0.25, 0.3) is 0 Å². The standard InChI is InChI=1S/C52H34S2/c1-3-32-33(4-2)51(40-23-11-10-22-39(40)50(32)31-16-6-5-7-17-31)41-27-26-36(34-18-8-9-19-35(34)41)42-29-45-38-21-13-15-25-48(38)54-52(45)46-30-49-44(28-43(42)46)37-20-12-14-24-47(37)53-49/h3-30H,1-2H3/b32-3+,33-4+. The molecule has 0 aliphatic rings. The van der Waals surface area contributed by atoms with E-state index in [4.69, 9.17) is 0 Å². The molecular formula is C52H34S2. The van der Waals surface area contributed by atoms with Crippen molar-refractivity contribution in [2.45, 2.75) is 13.8 Å². The Morgan fingerprint density at radius 2 is 0.852 bits per heavy atom. The largest absolute Gasteiger partial charge is 0.135 e. The highest BCUT2D eigenvalue weighted by Crippen LogP contribution is 2.48. The molecular weight excluding hydrogens is 689 g/mol. The molecule has 9 aromatic carbocycles. The molecule has 0 unspecified atom stereocenters. The van der Waals surface area contributed by atoms with Gasteiger partial charge in [-0.15, -0.1) is 22.7 Å². The van der Waals surface area contributed by atoms with Gasteiger partial charge in [-0.25, -0.2) is 0 Å². The SMILES string of the molecule is C/C=c1/c(-c2ccccc2)c2ccccc2c(-c2ccc(-c3cc4c5ccccc5sc4c4cc5sc6ccccc6c5cc34)c3ccccc23)/c1=C/C. The maximum atomic E-state index is 2.48. The van der Waals surface area contributed by atoms with Crippen molar-refractivity contribution in [3.05, 3.63) is 168 Å². The highest BCUT2D eigenvalue weighted by Gasteiger charge is 2.20. The third-order valence-corrected chi connectivity index (χ3v) is 13.7. The van der Waals surface area contributed by atoms with E-state index in [1.54, 1.807) is 0 Å². The van der Waals surface area contributed by atoms with E-state index in [2.05, 4.69) is 184 Å². The fourth-order valence-corrected chi connectivity index (χ4v) is 11.4. The lowest BCUT2D eigenvalue weighted by atomic mass is 9.84. The first-order valence-corrected chi connectivity index (χ1v) is 20.3. The molecule has 11 rings (SSSR count). The van der Waals surface area contributed by atoms with Crippen molar-refractivity contribution in [1.29, 1.82) is 0 Å². The molecule has 254 valence electrons. The van der Waals surface area contributed by atoms with Gasteiger partial charge in [-0.3, -0.25) is 0 Å². The summed E-state index contributed by atoms with van der Waals surface area (Å²) in [5, 5.41) is 15.6. The first-order chi connectivity index (χ1) is 26.7. The molecule has 0 bridgehead atoms. The summed E-state index contributed by atoms with van der Waals surface area (Å²) in [6.45, 7) is 4.37. The number of rotatable bonds is 3. The van der Waals surface area contributed by atoms with Crippen LogP contribution in [0.1, 0.15) is 13.8 Å². The second kappa shape index (κ2) is 12.2.